The summed E-state index contributed by atoms with van der Waals surface area (Å²) in [6.45, 7) is 2.57. The molecule has 32 heavy (non-hydrogen) atoms. The number of carbonyl (C=O) groups excluding carboxylic acids is 1. The summed E-state index contributed by atoms with van der Waals surface area (Å²) in [6, 6.07) is 23.5. The summed E-state index contributed by atoms with van der Waals surface area (Å²) >= 11 is 6.24. The lowest BCUT2D eigenvalue weighted by Crippen LogP contribution is -2.29. The minimum atomic E-state index is -0.448. The number of non-ortho nitro benzene ring substituents is 1. The van der Waals surface area contributed by atoms with Gasteiger partial charge in [0.2, 0.25) is 0 Å². The quantitative estimate of drug-likeness (QED) is 0.301. The molecule has 0 aliphatic carbocycles. The minimum Gasteiger partial charge on any atom is -0.271 e. The highest BCUT2D eigenvalue weighted by atomic mass is 35.5. The van der Waals surface area contributed by atoms with Gasteiger partial charge in [-0.3, -0.25) is 19.8 Å². The lowest BCUT2D eigenvalue weighted by atomic mass is 10.1. The Balaban J connectivity index is 1.69. The first kappa shape index (κ1) is 21.7. The first-order chi connectivity index (χ1) is 15.4. The van der Waals surface area contributed by atoms with Crippen LogP contribution in [0, 0.1) is 10.1 Å². The number of nitro groups is 1. The first-order valence-electron chi connectivity index (χ1n) is 10.1. The second-order valence-corrected chi connectivity index (χ2v) is 7.98. The maximum Gasteiger partial charge on any atom is 0.269 e. The Kier molecular flexibility index (Phi) is 6.30. The SMILES string of the molecule is C/C(=N/N1C(=O)CN(Cc2ccccc2)[C@@H]1c1cccc(Cl)c1)c1ccc([N+](=O)[O-])cc1. The fourth-order valence-electron chi connectivity index (χ4n) is 3.76. The summed E-state index contributed by atoms with van der Waals surface area (Å²) in [4.78, 5) is 25.5. The second kappa shape index (κ2) is 9.30. The molecule has 1 aliphatic rings. The van der Waals surface area contributed by atoms with Crippen LogP contribution in [0.3, 0.4) is 0 Å². The van der Waals surface area contributed by atoms with E-state index >= 15 is 0 Å². The average molecular weight is 449 g/mol. The Labute approximate surface area is 190 Å². The van der Waals surface area contributed by atoms with Gasteiger partial charge in [0.05, 0.1) is 17.2 Å². The summed E-state index contributed by atoms with van der Waals surface area (Å²) in [5.41, 5.74) is 3.24. The van der Waals surface area contributed by atoms with Gasteiger partial charge in [-0.15, -0.1) is 0 Å². The van der Waals surface area contributed by atoms with Crippen LogP contribution in [0.2, 0.25) is 5.02 Å². The predicted octanol–water partition coefficient (Wildman–Crippen LogP) is 5.02. The molecule has 0 aromatic heterocycles. The molecule has 1 aliphatic heterocycles. The first-order valence-corrected chi connectivity index (χ1v) is 10.5. The van der Waals surface area contributed by atoms with Crippen molar-refractivity contribution >= 4 is 28.9 Å². The Morgan fingerprint density at radius 1 is 1.09 bits per heavy atom. The summed E-state index contributed by atoms with van der Waals surface area (Å²) < 4.78 is 0. The number of amides is 1. The Morgan fingerprint density at radius 3 is 2.47 bits per heavy atom. The molecule has 3 aromatic rings. The van der Waals surface area contributed by atoms with Gasteiger partial charge in [0, 0.05) is 23.7 Å². The number of hydrogen-bond donors (Lipinski definition) is 0. The second-order valence-electron chi connectivity index (χ2n) is 7.55. The topological polar surface area (TPSA) is 79.0 Å². The molecule has 1 fully saturated rings. The van der Waals surface area contributed by atoms with Gasteiger partial charge in [-0.05, 0) is 47.9 Å². The molecule has 3 aromatic carbocycles. The average Bonchev–Trinajstić information content (AvgIpc) is 3.08. The van der Waals surface area contributed by atoms with Crippen LogP contribution in [0.5, 0.6) is 0 Å². The van der Waals surface area contributed by atoms with Gasteiger partial charge in [0.1, 0.15) is 6.17 Å². The largest absolute Gasteiger partial charge is 0.271 e. The van der Waals surface area contributed by atoms with E-state index < -0.39 is 11.1 Å². The number of carbonyl (C=O) groups is 1. The Morgan fingerprint density at radius 2 is 1.81 bits per heavy atom. The van der Waals surface area contributed by atoms with Crippen LogP contribution in [0.1, 0.15) is 29.8 Å². The highest BCUT2D eigenvalue weighted by Crippen LogP contribution is 2.34. The van der Waals surface area contributed by atoms with E-state index in [4.69, 9.17) is 11.6 Å². The lowest BCUT2D eigenvalue weighted by molar-refractivity contribution is -0.384. The van der Waals surface area contributed by atoms with Crippen molar-refractivity contribution in [2.45, 2.75) is 19.6 Å². The zero-order chi connectivity index (χ0) is 22.7. The van der Waals surface area contributed by atoms with E-state index in [1.54, 1.807) is 25.1 Å². The van der Waals surface area contributed by atoms with Crippen LogP contribution in [-0.4, -0.2) is 33.0 Å². The molecule has 0 saturated carbocycles. The molecule has 7 nitrogen and oxygen atoms in total. The van der Waals surface area contributed by atoms with Crippen molar-refractivity contribution in [2.24, 2.45) is 5.10 Å². The molecule has 0 unspecified atom stereocenters. The number of hydrazone groups is 1. The highest BCUT2D eigenvalue weighted by Gasteiger charge is 2.39. The molecular weight excluding hydrogens is 428 g/mol. The monoisotopic (exact) mass is 448 g/mol. The van der Waals surface area contributed by atoms with Crippen LogP contribution in [0.15, 0.2) is 84.0 Å². The summed E-state index contributed by atoms with van der Waals surface area (Å²) in [7, 11) is 0. The maximum absolute atomic E-state index is 13.0. The molecule has 162 valence electrons. The minimum absolute atomic E-state index is 0.00430. The van der Waals surface area contributed by atoms with E-state index in [1.807, 2.05) is 48.5 Å². The maximum atomic E-state index is 13.0. The molecule has 4 rings (SSSR count). The van der Waals surface area contributed by atoms with Crippen LogP contribution in [-0.2, 0) is 11.3 Å². The predicted molar refractivity (Wildman–Crippen MR) is 123 cm³/mol. The summed E-state index contributed by atoms with van der Waals surface area (Å²) in [6.07, 6.45) is -0.422. The van der Waals surface area contributed by atoms with Gasteiger partial charge in [-0.2, -0.15) is 5.10 Å². The molecule has 0 bridgehead atoms. The van der Waals surface area contributed by atoms with E-state index in [1.165, 1.54) is 17.1 Å². The standard InChI is InChI=1S/C24H21ClN4O3/c1-17(19-10-12-22(13-11-19)29(31)32)26-28-23(30)16-27(15-18-6-3-2-4-7-18)24(28)20-8-5-9-21(25)14-20/h2-14,24H,15-16H2,1H3/b26-17-/t24-/m0/s1. The van der Waals surface area contributed by atoms with Gasteiger partial charge < -0.3 is 0 Å². The van der Waals surface area contributed by atoms with Crippen molar-refractivity contribution in [2.75, 3.05) is 6.54 Å². The third-order valence-corrected chi connectivity index (χ3v) is 5.54. The number of rotatable bonds is 6. The molecule has 0 spiro atoms. The van der Waals surface area contributed by atoms with Gasteiger partial charge in [0.15, 0.2) is 0 Å². The Hall–Kier alpha value is -3.55. The van der Waals surface area contributed by atoms with Gasteiger partial charge in [-0.25, -0.2) is 5.01 Å². The summed E-state index contributed by atoms with van der Waals surface area (Å²) in [5.74, 6) is -0.132. The molecule has 1 amide bonds. The van der Waals surface area contributed by atoms with E-state index in [-0.39, 0.29) is 18.1 Å². The van der Waals surface area contributed by atoms with Crippen molar-refractivity contribution in [1.29, 1.82) is 0 Å². The number of hydrogen-bond acceptors (Lipinski definition) is 5. The van der Waals surface area contributed by atoms with Crippen molar-refractivity contribution < 1.29 is 9.72 Å². The molecule has 1 heterocycles. The van der Waals surface area contributed by atoms with Gasteiger partial charge in [-0.1, -0.05) is 54.1 Å². The van der Waals surface area contributed by atoms with E-state index in [0.29, 0.717) is 22.8 Å². The van der Waals surface area contributed by atoms with Crippen LogP contribution >= 0.6 is 11.6 Å². The van der Waals surface area contributed by atoms with Crippen molar-refractivity contribution in [1.82, 2.24) is 9.91 Å². The van der Waals surface area contributed by atoms with Crippen molar-refractivity contribution in [3.63, 3.8) is 0 Å². The molecule has 1 atom stereocenters. The molecule has 1 saturated heterocycles. The fraction of sp³-hybridized carbons (Fsp3) is 0.167. The van der Waals surface area contributed by atoms with Crippen LogP contribution in [0.4, 0.5) is 5.69 Å². The normalized spacial score (nSPS) is 17.1. The summed E-state index contributed by atoms with van der Waals surface area (Å²) in [5, 5.41) is 17.6. The van der Waals surface area contributed by atoms with Crippen molar-refractivity contribution in [3.05, 3.63) is 111 Å². The van der Waals surface area contributed by atoms with E-state index in [9.17, 15) is 14.9 Å². The molecule has 0 radical (unpaired) electrons. The number of benzene rings is 3. The van der Waals surface area contributed by atoms with Gasteiger partial charge >= 0.3 is 0 Å². The van der Waals surface area contributed by atoms with Crippen molar-refractivity contribution in [3.8, 4) is 0 Å². The van der Waals surface area contributed by atoms with E-state index in [0.717, 1.165) is 11.1 Å². The smallest absolute Gasteiger partial charge is 0.269 e. The molecule has 8 heteroatoms. The van der Waals surface area contributed by atoms with E-state index in [2.05, 4.69) is 10.0 Å². The third-order valence-electron chi connectivity index (χ3n) is 5.30. The van der Waals surface area contributed by atoms with Gasteiger partial charge in [0.25, 0.3) is 11.6 Å². The zero-order valence-corrected chi connectivity index (χ0v) is 18.1. The number of nitrogens with zero attached hydrogens (tertiary/aromatic N) is 4. The molecular formula is C24H21ClN4O3. The third kappa shape index (κ3) is 4.69. The lowest BCUT2D eigenvalue weighted by Gasteiger charge is -2.28. The Bertz CT molecular complexity index is 1170. The van der Waals surface area contributed by atoms with Crippen LogP contribution < -0.4 is 0 Å². The molecule has 0 N–H and O–H groups in total. The highest BCUT2D eigenvalue weighted by molar-refractivity contribution is 6.30. The number of nitro benzene ring substituents is 1. The number of halogens is 1. The fourth-order valence-corrected chi connectivity index (χ4v) is 3.96. The van der Waals surface area contributed by atoms with Crippen LogP contribution in [0.25, 0.3) is 0 Å². The zero-order valence-electron chi connectivity index (χ0n) is 17.4.